The van der Waals surface area contributed by atoms with Crippen LogP contribution in [0.25, 0.3) is 0 Å². The topological polar surface area (TPSA) is 67.1 Å². The molecular formula is C14H29N3O. The fraction of sp³-hybridized carbons (Fsp3) is 0.929. The third kappa shape index (κ3) is 5.83. The SMILES string of the molecule is CC1CCC(NC(CN)CC(=O)NC(C)(C)C)C1. The second-order valence-corrected chi connectivity index (χ2v) is 6.72. The summed E-state index contributed by atoms with van der Waals surface area (Å²) in [6.45, 7) is 8.78. The Morgan fingerprint density at radius 1 is 1.39 bits per heavy atom. The van der Waals surface area contributed by atoms with Crippen molar-refractivity contribution < 1.29 is 4.79 Å². The van der Waals surface area contributed by atoms with Crippen LogP contribution in [-0.2, 0) is 4.79 Å². The quantitative estimate of drug-likeness (QED) is 0.695. The van der Waals surface area contributed by atoms with Gasteiger partial charge in [-0.05, 0) is 46.0 Å². The van der Waals surface area contributed by atoms with E-state index in [1.807, 2.05) is 20.8 Å². The number of amides is 1. The zero-order chi connectivity index (χ0) is 13.8. The molecule has 4 nitrogen and oxygen atoms in total. The van der Waals surface area contributed by atoms with Crippen LogP contribution in [-0.4, -0.2) is 30.1 Å². The summed E-state index contributed by atoms with van der Waals surface area (Å²) in [7, 11) is 0. The van der Waals surface area contributed by atoms with Crippen LogP contribution in [0.4, 0.5) is 0 Å². The number of hydrogen-bond donors (Lipinski definition) is 3. The summed E-state index contributed by atoms with van der Waals surface area (Å²) in [5, 5.41) is 6.51. The van der Waals surface area contributed by atoms with Crippen LogP contribution in [0.2, 0.25) is 0 Å². The first kappa shape index (κ1) is 15.4. The summed E-state index contributed by atoms with van der Waals surface area (Å²) in [4.78, 5) is 11.9. The van der Waals surface area contributed by atoms with E-state index >= 15 is 0 Å². The van der Waals surface area contributed by atoms with E-state index in [0.29, 0.717) is 19.0 Å². The third-order valence-electron chi connectivity index (χ3n) is 3.40. The highest BCUT2D eigenvalue weighted by molar-refractivity contribution is 5.77. The van der Waals surface area contributed by atoms with Crippen molar-refractivity contribution in [2.45, 2.75) is 71.0 Å². The average Bonchev–Trinajstić information content (AvgIpc) is 2.60. The van der Waals surface area contributed by atoms with Gasteiger partial charge in [0.2, 0.25) is 5.91 Å². The van der Waals surface area contributed by atoms with Gasteiger partial charge in [0.15, 0.2) is 0 Å². The zero-order valence-corrected chi connectivity index (χ0v) is 12.3. The van der Waals surface area contributed by atoms with Gasteiger partial charge in [-0.15, -0.1) is 0 Å². The molecule has 0 heterocycles. The van der Waals surface area contributed by atoms with Gasteiger partial charge < -0.3 is 16.4 Å². The van der Waals surface area contributed by atoms with E-state index in [1.165, 1.54) is 19.3 Å². The molecule has 3 unspecified atom stereocenters. The van der Waals surface area contributed by atoms with Gasteiger partial charge in [0, 0.05) is 30.6 Å². The van der Waals surface area contributed by atoms with Crippen molar-refractivity contribution in [3.05, 3.63) is 0 Å². The van der Waals surface area contributed by atoms with Crippen molar-refractivity contribution in [3.63, 3.8) is 0 Å². The van der Waals surface area contributed by atoms with Crippen molar-refractivity contribution in [1.29, 1.82) is 0 Å². The molecular weight excluding hydrogens is 226 g/mol. The molecule has 1 aliphatic rings. The molecule has 0 bridgehead atoms. The van der Waals surface area contributed by atoms with Gasteiger partial charge in [0.1, 0.15) is 0 Å². The van der Waals surface area contributed by atoms with E-state index in [1.54, 1.807) is 0 Å². The molecule has 0 aromatic carbocycles. The largest absolute Gasteiger partial charge is 0.351 e. The van der Waals surface area contributed by atoms with Crippen molar-refractivity contribution in [3.8, 4) is 0 Å². The Bertz CT molecular complexity index is 273. The summed E-state index contributed by atoms with van der Waals surface area (Å²) in [6, 6.07) is 0.638. The van der Waals surface area contributed by atoms with Crippen LogP contribution in [0.3, 0.4) is 0 Å². The van der Waals surface area contributed by atoms with Crippen LogP contribution in [0, 0.1) is 5.92 Å². The first-order chi connectivity index (χ1) is 8.30. The van der Waals surface area contributed by atoms with Crippen molar-refractivity contribution in [2.24, 2.45) is 11.7 Å². The van der Waals surface area contributed by atoms with Gasteiger partial charge >= 0.3 is 0 Å². The maximum atomic E-state index is 11.9. The van der Waals surface area contributed by atoms with Crippen molar-refractivity contribution in [1.82, 2.24) is 10.6 Å². The summed E-state index contributed by atoms with van der Waals surface area (Å²) < 4.78 is 0. The molecule has 1 aliphatic carbocycles. The predicted octanol–water partition coefficient (Wildman–Crippen LogP) is 1.40. The minimum absolute atomic E-state index is 0.0801. The molecule has 106 valence electrons. The Balaban J connectivity index is 2.35. The lowest BCUT2D eigenvalue weighted by Crippen LogP contribution is -2.48. The first-order valence-corrected chi connectivity index (χ1v) is 7.07. The molecule has 4 N–H and O–H groups in total. The molecule has 3 atom stereocenters. The second kappa shape index (κ2) is 6.53. The highest BCUT2D eigenvalue weighted by Crippen LogP contribution is 2.25. The summed E-state index contributed by atoms with van der Waals surface area (Å²) in [5.41, 5.74) is 5.59. The fourth-order valence-electron chi connectivity index (χ4n) is 2.60. The van der Waals surface area contributed by atoms with Gasteiger partial charge in [-0.2, -0.15) is 0 Å². The van der Waals surface area contributed by atoms with E-state index in [9.17, 15) is 4.79 Å². The molecule has 0 aromatic heterocycles. The fourth-order valence-corrected chi connectivity index (χ4v) is 2.60. The molecule has 0 spiro atoms. The molecule has 4 heteroatoms. The Kier molecular flexibility index (Phi) is 5.60. The lowest BCUT2D eigenvalue weighted by Gasteiger charge is -2.25. The predicted molar refractivity (Wildman–Crippen MR) is 75.3 cm³/mol. The van der Waals surface area contributed by atoms with Crippen LogP contribution in [0.5, 0.6) is 0 Å². The summed E-state index contributed by atoms with van der Waals surface area (Å²) in [6.07, 6.45) is 4.16. The Hall–Kier alpha value is -0.610. The van der Waals surface area contributed by atoms with Gasteiger partial charge in [-0.1, -0.05) is 6.92 Å². The average molecular weight is 255 g/mol. The smallest absolute Gasteiger partial charge is 0.222 e. The number of hydrogen-bond acceptors (Lipinski definition) is 3. The van der Waals surface area contributed by atoms with Crippen LogP contribution < -0.4 is 16.4 Å². The van der Waals surface area contributed by atoms with Crippen molar-refractivity contribution in [2.75, 3.05) is 6.54 Å². The van der Waals surface area contributed by atoms with Gasteiger partial charge in [-0.3, -0.25) is 4.79 Å². The molecule has 1 rings (SSSR count). The van der Waals surface area contributed by atoms with E-state index in [2.05, 4.69) is 17.6 Å². The third-order valence-corrected chi connectivity index (χ3v) is 3.40. The standard InChI is InChI=1S/C14H29N3O/c1-10-5-6-11(7-10)16-12(9-15)8-13(18)17-14(2,3)4/h10-12,16H,5-9,15H2,1-4H3,(H,17,18). The highest BCUT2D eigenvalue weighted by Gasteiger charge is 2.25. The monoisotopic (exact) mass is 255 g/mol. The Morgan fingerprint density at radius 3 is 2.50 bits per heavy atom. The zero-order valence-electron chi connectivity index (χ0n) is 12.3. The van der Waals surface area contributed by atoms with Crippen molar-refractivity contribution >= 4 is 5.91 Å². The molecule has 0 saturated heterocycles. The summed E-state index contributed by atoms with van der Waals surface area (Å²) >= 11 is 0. The van der Waals surface area contributed by atoms with Gasteiger partial charge in [-0.25, -0.2) is 0 Å². The maximum Gasteiger partial charge on any atom is 0.222 e. The second-order valence-electron chi connectivity index (χ2n) is 6.72. The number of carbonyl (C=O) groups excluding carboxylic acids is 1. The minimum atomic E-state index is -0.169. The number of carbonyl (C=O) groups is 1. The highest BCUT2D eigenvalue weighted by atomic mass is 16.1. The number of rotatable bonds is 5. The van der Waals surface area contributed by atoms with Gasteiger partial charge in [0.05, 0.1) is 0 Å². The van der Waals surface area contributed by atoms with Crippen LogP contribution in [0.15, 0.2) is 0 Å². The van der Waals surface area contributed by atoms with Gasteiger partial charge in [0.25, 0.3) is 0 Å². The molecule has 0 aromatic rings. The number of nitrogens with one attached hydrogen (secondary N) is 2. The Labute approximate surface area is 111 Å². The van der Waals surface area contributed by atoms with Crippen LogP contribution in [0.1, 0.15) is 53.4 Å². The molecule has 1 fully saturated rings. The van der Waals surface area contributed by atoms with E-state index < -0.39 is 0 Å². The van der Waals surface area contributed by atoms with E-state index in [-0.39, 0.29) is 17.5 Å². The molecule has 0 radical (unpaired) electrons. The van der Waals surface area contributed by atoms with E-state index in [4.69, 9.17) is 5.73 Å². The molecule has 0 aliphatic heterocycles. The molecule has 1 amide bonds. The molecule has 1 saturated carbocycles. The molecule has 18 heavy (non-hydrogen) atoms. The lowest BCUT2D eigenvalue weighted by atomic mass is 10.1. The first-order valence-electron chi connectivity index (χ1n) is 7.07. The Morgan fingerprint density at radius 2 is 2.06 bits per heavy atom. The van der Waals surface area contributed by atoms with E-state index in [0.717, 1.165) is 5.92 Å². The minimum Gasteiger partial charge on any atom is -0.351 e. The lowest BCUT2D eigenvalue weighted by molar-refractivity contribution is -0.123. The number of nitrogens with two attached hydrogens (primary N) is 1. The van der Waals surface area contributed by atoms with Crippen LogP contribution >= 0.6 is 0 Å². The normalized spacial score (nSPS) is 26.1. The maximum absolute atomic E-state index is 11.9. The summed E-state index contributed by atoms with van der Waals surface area (Å²) in [5.74, 6) is 0.876.